The molecule has 1 N–H and O–H groups in total. The Morgan fingerprint density at radius 2 is 1.83 bits per heavy atom. The zero-order chi connectivity index (χ0) is 21.1. The number of hydrogen-bond acceptors (Lipinski definition) is 2. The van der Waals surface area contributed by atoms with Crippen molar-refractivity contribution in [3.63, 3.8) is 0 Å². The maximum absolute atomic E-state index is 14.1. The molecule has 4 rings (SSSR count). The van der Waals surface area contributed by atoms with Crippen LogP contribution >= 0.6 is 11.6 Å². The van der Waals surface area contributed by atoms with Gasteiger partial charge in [-0.05, 0) is 48.9 Å². The van der Waals surface area contributed by atoms with Gasteiger partial charge in [-0.3, -0.25) is 4.79 Å². The van der Waals surface area contributed by atoms with Crippen molar-refractivity contribution in [2.75, 3.05) is 11.9 Å². The average molecular weight is 423 g/mol. The van der Waals surface area contributed by atoms with Gasteiger partial charge < -0.3 is 14.6 Å². The first-order chi connectivity index (χ1) is 14.6. The fourth-order valence-electron chi connectivity index (χ4n) is 3.44. The SMILES string of the molecule is CCOc1cccc2c1cc(C(=O)Nc1ccccc1F)n2Cc1ccccc1Cl. The fraction of sp³-hybridized carbons (Fsp3) is 0.125. The molecule has 0 saturated carbocycles. The van der Waals surface area contributed by atoms with E-state index in [0.29, 0.717) is 29.6 Å². The average Bonchev–Trinajstić information content (AvgIpc) is 3.11. The molecule has 152 valence electrons. The summed E-state index contributed by atoms with van der Waals surface area (Å²) in [5, 5.41) is 4.09. The second-order valence-electron chi connectivity index (χ2n) is 6.76. The number of nitrogens with zero attached hydrogens (tertiary/aromatic N) is 1. The minimum Gasteiger partial charge on any atom is -0.493 e. The van der Waals surface area contributed by atoms with Crippen molar-refractivity contribution in [1.82, 2.24) is 4.57 Å². The van der Waals surface area contributed by atoms with E-state index in [4.69, 9.17) is 16.3 Å². The molecule has 0 fully saturated rings. The minimum atomic E-state index is -0.491. The van der Waals surface area contributed by atoms with Crippen LogP contribution in [0.25, 0.3) is 10.9 Å². The second-order valence-corrected chi connectivity index (χ2v) is 7.17. The summed E-state index contributed by atoms with van der Waals surface area (Å²) in [6.07, 6.45) is 0. The summed E-state index contributed by atoms with van der Waals surface area (Å²) in [5.74, 6) is -0.215. The number of hydrogen-bond donors (Lipinski definition) is 1. The number of ether oxygens (including phenoxy) is 1. The summed E-state index contributed by atoms with van der Waals surface area (Å²) in [6.45, 7) is 2.80. The van der Waals surface area contributed by atoms with Gasteiger partial charge in [-0.1, -0.05) is 48.0 Å². The van der Waals surface area contributed by atoms with Crippen molar-refractivity contribution in [1.29, 1.82) is 0 Å². The van der Waals surface area contributed by atoms with Crippen LogP contribution in [0.3, 0.4) is 0 Å². The van der Waals surface area contributed by atoms with Crippen LogP contribution in [0.1, 0.15) is 23.0 Å². The highest BCUT2D eigenvalue weighted by Crippen LogP contribution is 2.31. The molecule has 0 aliphatic carbocycles. The normalized spacial score (nSPS) is 10.9. The van der Waals surface area contributed by atoms with Crippen molar-refractivity contribution in [3.8, 4) is 5.75 Å². The van der Waals surface area contributed by atoms with Gasteiger partial charge in [0.05, 0.1) is 17.8 Å². The number of rotatable bonds is 6. The van der Waals surface area contributed by atoms with E-state index in [1.165, 1.54) is 12.1 Å². The van der Waals surface area contributed by atoms with Crippen molar-refractivity contribution >= 4 is 34.1 Å². The lowest BCUT2D eigenvalue weighted by molar-refractivity contribution is 0.101. The number of nitrogens with one attached hydrogen (secondary N) is 1. The molecule has 0 atom stereocenters. The van der Waals surface area contributed by atoms with E-state index in [2.05, 4.69) is 5.32 Å². The maximum atomic E-state index is 14.1. The monoisotopic (exact) mass is 422 g/mol. The Bertz CT molecular complexity index is 1220. The summed E-state index contributed by atoms with van der Waals surface area (Å²) in [4.78, 5) is 13.1. The smallest absolute Gasteiger partial charge is 0.272 e. The summed E-state index contributed by atoms with van der Waals surface area (Å²) in [5.41, 5.74) is 2.22. The lowest BCUT2D eigenvalue weighted by Gasteiger charge is -2.13. The Morgan fingerprint density at radius 3 is 2.60 bits per heavy atom. The summed E-state index contributed by atoms with van der Waals surface area (Å²) in [7, 11) is 0. The van der Waals surface area contributed by atoms with Gasteiger partial charge in [0.1, 0.15) is 17.3 Å². The maximum Gasteiger partial charge on any atom is 0.272 e. The number of para-hydroxylation sites is 1. The molecule has 1 heterocycles. The number of aromatic nitrogens is 1. The van der Waals surface area contributed by atoms with Crippen LogP contribution in [0.4, 0.5) is 10.1 Å². The molecule has 0 unspecified atom stereocenters. The highest BCUT2D eigenvalue weighted by Gasteiger charge is 2.20. The van der Waals surface area contributed by atoms with Crippen molar-refractivity contribution in [3.05, 3.63) is 94.9 Å². The summed E-state index contributed by atoms with van der Waals surface area (Å²) >= 11 is 6.37. The Kier molecular flexibility index (Phi) is 5.72. The molecule has 0 aliphatic heterocycles. The highest BCUT2D eigenvalue weighted by molar-refractivity contribution is 6.31. The Balaban J connectivity index is 1.82. The topological polar surface area (TPSA) is 43.3 Å². The first-order valence-corrected chi connectivity index (χ1v) is 10.0. The van der Waals surface area contributed by atoms with E-state index in [-0.39, 0.29) is 5.69 Å². The van der Waals surface area contributed by atoms with E-state index in [1.54, 1.807) is 18.2 Å². The second kappa shape index (κ2) is 8.59. The highest BCUT2D eigenvalue weighted by atomic mass is 35.5. The fourth-order valence-corrected chi connectivity index (χ4v) is 3.64. The zero-order valence-electron chi connectivity index (χ0n) is 16.4. The third-order valence-corrected chi connectivity index (χ3v) is 5.22. The zero-order valence-corrected chi connectivity index (χ0v) is 17.1. The van der Waals surface area contributed by atoms with Crippen LogP contribution in [0.5, 0.6) is 5.75 Å². The number of halogens is 2. The minimum absolute atomic E-state index is 0.127. The molecule has 4 aromatic rings. The predicted octanol–water partition coefficient (Wildman–Crippen LogP) is 6.13. The largest absolute Gasteiger partial charge is 0.493 e. The molecule has 6 heteroatoms. The van der Waals surface area contributed by atoms with Crippen LogP contribution in [-0.4, -0.2) is 17.1 Å². The van der Waals surface area contributed by atoms with Gasteiger partial charge in [0.25, 0.3) is 5.91 Å². The van der Waals surface area contributed by atoms with Gasteiger partial charge in [-0.15, -0.1) is 0 Å². The van der Waals surface area contributed by atoms with Crippen molar-refractivity contribution in [2.24, 2.45) is 0 Å². The molecule has 4 nitrogen and oxygen atoms in total. The van der Waals surface area contributed by atoms with Crippen LogP contribution in [-0.2, 0) is 6.54 Å². The molecule has 0 saturated heterocycles. The number of amides is 1. The number of benzene rings is 3. The molecule has 3 aromatic carbocycles. The Labute approximate surface area is 178 Å². The third-order valence-electron chi connectivity index (χ3n) is 4.85. The number of fused-ring (bicyclic) bond motifs is 1. The third kappa shape index (κ3) is 3.89. The molecule has 30 heavy (non-hydrogen) atoms. The van der Waals surface area contributed by atoms with Gasteiger partial charge in [-0.25, -0.2) is 4.39 Å². The van der Waals surface area contributed by atoms with E-state index >= 15 is 0 Å². The molecular formula is C24H20ClFN2O2. The van der Waals surface area contributed by atoms with Gasteiger partial charge in [0.2, 0.25) is 0 Å². The quantitative estimate of drug-likeness (QED) is 0.406. The first kappa shape index (κ1) is 20.0. The van der Waals surface area contributed by atoms with Crippen LogP contribution in [0.15, 0.2) is 72.8 Å². The van der Waals surface area contributed by atoms with E-state index in [0.717, 1.165) is 16.5 Å². The van der Waals surface area contributed by atoms with Crippen molar-refractivity contribution in [2.45, 2.75) is 13.5 Å². The number of carbonyl (C=O) groups excluding carboxylic acids is 1. The molecule has 0 bridgehead atoms. The van der Waals surface area contributed by atoms with E-state index in [9.17, 15) is 9.18 Å². The Hall–Kier alpha value is -3.31. The van der Waals surface area contributed by atoms with Crippen LogP contribution in [0.2, 0.25) is 5.02 Å². The standard InChI is InChI=1S/C24H20ClFN2O2/c1-2-30-23-13-7-12-21-17(23)14-22(24(29)27-20-11-6-5-10-19(20)26)28(21)15-16-8-3-4-9-18(16)25/h3-14H,2,15H2,1H3,(H,27,29). The van der Waals surface area contributed by atoms with Gasteiger partial charge in [0.15, 0.2) is 0 Å². The van der Waals surface area contributed by atoms with Crippen molar-refractivity contribution < 1.29 is 13.9 Å². The number of anilines is 1. The van der Waals surface area contributed by atoms with E-state index in [1.807, 2.05) is 54.0 Å². The first-order valence-electron chi connectivity index (χ1n) is 9.63. The molecule has 0 aliphatic rings. The summed E-state index contributed by atoms with van der Waals surface area (Å²) < 4.78 is 21.7. The molecule has 1 amide bonds. The lowest BCUT2D eigenvalue weighted by atomic mass is 10.2. The van der Waals surface area contributed by atoms with Crippen LogP contribution < -0.4 is 10.1 Å². The number of carbonyl (C=O) groups is 1. The van der Waals surface area contributed by atoms with Gasteiger partial charge in [-0.2, -0.15) is 0 Å². The predicted molar refractivity (Wildman–Crippen MR) is 118 cm³/mol. The van der Waals surface area contributed by atoms with Gasteiger partial charge >= 0.3 is 0 Å². The van der Waals surface area contributed by atoms with Gasteiger partial charge in [0, 0.05) is 17.0 Å². The Morgan fingerprint density at radius 1 is 1.07 bits per heavy atom. The molecule has 1 aromatic heterocycles. The van der Waals surface area contributed by atoms with Crippen LogP contribution in [0, 0.1) is 5.82 Å². The summed E-state index contributed by atoms with van der Waals surface area (Å²) in [6, 6.07) is 21.0. The lowest BCUT2D eigenvalue weighted by Crippen LogP contribution is -2.18. The molecule has 0 spiro atoms. The molecular weight excluding hydrogens is 403 g/mol. The van der Waals surface area contributed by atoms with E-state index < -0.39 is 11.7 Å². The molecule has 0 radical (unpaired) electrons.